The number of hydrogen-bond acceptors (Lipinski definition) is 4. The molecule has 106 valence electrons. The van der Waals surface area contributed by atoms with Crippen molar-refractivity contribution in [1.29, 1.82) is 0 Å². The number of hydrogen-bond donors (Lipinski definition) is 0. The molecular weight excluding hydrogens is 240 g/mol. The lowest BCUT2D eigenvalue weighted by Crippen LogP contribution is -2.49. The zero-order chi connectivity index (χ0) is 12.5. The van der Waals surface area contributed by atoms with E-state index in [0.29, 0.717) is 11.1 Å². The molecule has 4 heteroatoms. The topological polar surface area (TPSA) is 24.9 Å². The van der Waals surface area contributed by atoms with Crippen LogP contribution in [0, 0.1) is 0 Å². The summed E-state index contributed by atoms with van der Waals surface area (Å²) in [5.41, 5.74) is 0.719. The Labute approximate surface area is 115 Å². The van der Waals surface area contributed by atoms with E-state index < -0.39 is 0 Å². The molecule has 5 aliphatic rings. The van der Waals surface area contributed by atoms with Gasteiger partial charge in [0, 0.05) is 11.1 Å². The van der Waals surface area contributed by atoms with Crippen LogP contribution in [-0.2, 0) is 9.47 Å². The van der Waals surface area contributed by atoms with Gasteiger partial charge in [0.2, 0.25) is 0 Å². The average molecular weight is 264 g/mol. The minimum absolute atomic E-state index is 0.220. The molecule has 2 atom stereocenters. The summed E-state index contributed by atoms with van der Waals surface area (Å²) in [6, 6.07) is 0. The Morgan fingerprint density at radius 2 is 1.11 bits per heavy atom. The van der Waals surface area contributed by atoms with E-state index in [-0.39, 0.29) is 12.5 Å². The van der Waals surface area contributed by atoms with Gasteiger partial charge in [0.25, 0.3) is 0 Å². The maximum Gasteiger partial charge on any atom is 0.152 e. The Kier molecular flexibility index (Phi) is 2.26. The van der Waals surface area contributed by atoms with Crippen molar-refractivity contribution in [3.05, 3.63) is 0 Å². The Morgan fingerprint density at radius 1 is 0.684 bits per heavy atom. The lowest BCUT2D eigenvalue weighted by Gasteiger charge is -2.36. The van der Waals surface area contributed by atoms with Crippen LogP contribution in [0.4, 0.5) is 0 Å². The van der Waals surface area contributed by atoms with Gasteiger partial charge in [-0.05, 0) is 25.7 Å². The van der Waals surface area contributed by atoms with Crippen LogP contribution in [0.2, 0.25) is 0 Å². The predicted molar refractivity (Wildman–Crippen MR) is 70.4 cm³/mol. The molecule has 2 unspecified atom stereocenters. The van der Waals surface area contributed by atoms with Gasteiger partial charge in [0.1, 0.15) is 0 Å². The molecule has 0 aromatic carbocycles. The van der Waals surface area contributed by atoms with Crippen molar-refractivity contribution in [2.24, 2.45) is 0 Å². The van der Waals surface area contributed by atoms with Crippen LogP contribution in [0.25, 0.3) is 0 Å². The van der Waals surface area contributed by atoms with Crippen molar-refractivity contribution in [3.8, 4) is 0 Å². The van der Waals surface area contributed by atoms with Gasteiger partial charge >= 0.3 is 0 Å². The summed E-state index contributed by atoms with van der Waals surface area (Å²) in [5, 5.41) is 0. The van der Waals surface area contributed by atoms with Gasteiger partial charge in [-0.25, -0.2) is 0 Å². The molecule has 0 aromatic rings. The van der Waals surface area contributed by atoms with E-state index in [1.54, 1.807) is 0 Å². The molecule has 3 heterocycles. The van der Waals surface area contributed by atoms with Crippen molar-refractivity contribution in [2.45, 2.75) is 74.9 Å². The first-order valence-electron chi connectivity index (χ1n) is 8.10. The third kappa shape index (κ3) is 1.34. The molecule has 3 aliphatic heterocycles. The Balaban J connectivity index is 1.46. The highest BCUT2D eigenvalue weighted by molar-refractivity contribution is 5.10. The number of nitrogens with zero attached hydrogens (tertiary/aromatic N) is 2. The highest BCUT2D eigenvalue weighted by Crippen LogP contribution is 2.51. The van der Waals surface area contributed by atoms with E-state index in [4.69, 9.17) is 9.47 Å². The third-order valence-electron chi connectivity index (χ3n) is 6.50. The summed E-state index contributed by atoms with van der Waals surface area (Å²) < 4.78 is 12.4. The van der Waals surface area contributed by atoms with Gasteiger partial charge in [0.15, 0.2) is 12.5 Å². The molecule has 0 aromatic heterocycles. The lowest BCUT2D eigenvalue weighted by molar-refractivity contribution is -0.0621. The van der Waals surface area contributed by atoms with E-state index in [9.17, 15) is 0 Å². The molecule has 19 heavy (non-hydrogen) atoms. The van der Waals surface area contributed by atoms with Crippen LogP contribution >= 0.6 is 0 Å². The fourth-order valence-corrected chi connectivity index (χ4v) is 5.39. The van der Waals surface area contributed by atoms with E-state index in [1.807, 2.05) is 0 Å². The second-order valence-electron chi connectivity index (χ2n) is 7.35. The molecule has 0 bridgehead atoms. The molecule has 2 spiro atoms. The zero-order valence-corrected chi connectivity index (χ0v) is 11.6. The largest absolute Gasteiger partial charge is 0.357 e. The van der Waals surface area contributed by atoms with Gasteiger partial charge in [-0.1, -0.05) is 25.7 Å². The predicted octanol–water partition coefficient (Wildman–Crippen LogP) is 1.90. The first kappa shape index (κ1) is 11.5. The SMILES string of the molecule is C1CCC2(C1)COC1C3OCC4(CCCC4)N3CN12. The van der Waals surface area contributed by atoms with E-state index >= 15 is 0 Å². The standard InChI is InChI=1S/C15H24N2O2/c1-2-6-14(5-1)9-18-12-13-17(11-16(12)14)15(10-19-13)7-3-4-8-15/h12-13H,1-11H2. The Bertz CT molecular complexity index is 352. The summed E-state index contributed by atoms with van der Waals surface area (Å²) in [5.74, 6) is 0. The quantitative estimate of drug-likeness (QED) is 0.667. The van der Waals surface area contributed by atoms with Crippen molar-refractivity contribution in [1.82, 2.24) is 9.80 Å². The molecule has 0 radical (unpaired) electrons. The molecule has 2 saturated carbocycles. The molecule has 5 rings (SSSR count). The van der Waals surface area contributed by atoms with Crippen LogP contribution in [0.3, 0.4) is 0 Å². The number of rotatable bonds is 0. The van der Waals surface area contributed by atoms with Gasteiger partial charge in [-0.3, -0.25) is 9.80 Å². The molecule has 2 aliphatic carbocycles. The Hall–Kier alpha value is -0.160. The second kappa shape index (κ2) is 3.73. The molecule has 5 fully saturated rings. The average Bonchev–Trinajstić information content (AvgIpc) is 3.17. The molecule has 3 saturated heterocycles. The summed E-state index contributed by atoms with van der Waals surface area (Å²) >= 11 is 0. The summed E-state index contributed by atoms with van der Waals surface area (Å²) in [7, 11) is 0. The third-order valence-corrected chi connectivity index (χ3v) is 6.50. The normalized spacial score (nSPS) is 43.6. The van der Waals surface area contributed by atoms with Gasteiger partial charge < -0.3 is 9.47 Å². The fourth-order valence-electron chi connectivity index (χ4n) is 5.39. The van der Waals surface area contributed by atoms with Crippen LogP contribution in [-0.4, -0.2) is 53.2 Å². The Morgan fingerprint density at radius 3 is 1.53 bits per heavy atom. The highest BCUT2D eigenvalue weighted by Gasteiger charge is 2.63. The van der Waals surface area contributed by atoms with Crippen molar-refractivity contribution in [3.63, 3.8) is 0 Å². The highest BCUT2D eigenvalue weighted by atomic mass is 16.6. The summed E-state index contributed by atoms with van der Waals surface area (Å²) in [6.45, 7) is 2.98. The number of fused-ring (bicyclic) bond motifs is 5. The van der Waals surface area contributed by atoms with Gasteiger partial charge in [-0.2, -0.15) is 0 Å². The van der Waals surface area contributed by atoms with Crippen LogP contribution < -0.4 is 0 Å². The molecular formula is C15H24N2O2. The monoisotopic (exact) mass is 264 g/mol. The molecule has 0 amide bonds. The fraction of sp³-hybridized carbons (Fsp3) is 1.00. The minimum atomic E-state index is 0.220. The van der Waals surface area contributed by atoms with Crippen molar-refractivity contribution < 1.29 is 9.47 Å². The first-order chi connectivity index (χ1) is 9.33. The number of ether oxygens (including phenoxy) is 2. The molecule has 0 N–H and O–H groups in total. The maximum atomic E-state index is 6.19. The minimum Gasteiger partial charge on any atom is -0.357 e. The van der Waals surface area contributed by atoms with Crippen LogP contribution in [0.15, 0.2) is 0 Å². The first-order valence-corrected chi connectivity index (χ1v) is 8.10. The van der Waals surface area contributed by atoms with Gasteiger partial charge in [0.05, 0.1) is 19.9 Å². The van der Waals surface area contributed by atoms with Crippen LogP contribution in [0.1, 0.15) is 51.4 Å². The van der Waals surface area contributed by atoms with E-state index in [1.165, 1.54) is 51.4 Å². The zero-order valence-electron chi connectivity index (χ0n) is 11.6. The van der Waals surface area contributed by atoms with Crippen molar-refractivity contribution in [2.75, 3.05) is 19.9 Å². The van der Waals surface area contributed by atoms with E-state index in [2.05, 4.69) is 9.80 Å². The van der Waals surface area contributed by atoms with E-state index in [0.717, 1.165) is 19.9 Å². The maximum absolute atomic E-state index is 6.19. The van der Waals surface area contributed by atoms with Crippen molar-refractivity contribution >= 4 is 0 Å². The summed E-state index contributed by atoms with van der Waals surface area (Å²) in [4.78, 5) is 5.31. The summed E-state index contributed by atoms with van der Waals surface area (Å²) in [6.07, 6.45) is 11.3. The second-order valence-corrected chi connectivity index (χ2v) is 7.35. The van der Waals surface area contributed by atoms with Crippen LogP contribution in [0.5, 0.6) is 0 Å². The molecule has 4 nitrogen and oxygen atoms in total. The lowest BCUT2D eigenvalue weighted by atomic mass is 9.97. The smallest absolute Gasteiger partial charge is 0.152 e. The van der Waals surface area contributed by atoms with Gasteiger partial charge in [-0.15, -0.1) is 0 Å².